The smallest absolute Gasteiger partial charge is 0.239 e. The largest absolute Gasteiger partial charge is 0.368 e. The summed E-state index contributed by atoms with van der Waals surface area (Å²) >= 11 is 0. The molecule has 30 heavy (non-hydrogen) atoms. The van der Waals surface area contributed by atoms with E-state index < -0.39 is 0 Å². The third kappa shape index (κ3) is 6.25. The molecule has 1 saturated heterocycles. The lowest BCUT2D eigenvalue weighted by atomic mass is 10.2. The summed E-state index contributed by atoms with van der Waals surface area (Å²) in [5, 5.41) is 2.77. The van der Waals surface area contributed by atoms with Gasteiger partial charge in [-0.05, 0) is 55.9 Å². The van der Waals surface area contributed by atoms with Gasteiger partial charge in [0.15, 0.2) is 0 Å². The Morgan fingerprint density at radius 1 is 1.13 bits per heavy atom. The average molecular weight is 413 g/mol. The SMILES string of the molecule is Cc1ccnc(NC(=O)CN(C)CCC(=O)N2CCN(c3ccc(F)cc3)CC2)c1. The summed E-state index contributed by atoms with van der Waals surface area (Å²) < 4.78 is 13.1. The summed E-state index contributed by atoms with van der Waals surface area (Å²) in [7, 11) is 1.82. The molecule has 0 radical (unpaired) electrons. The van der Waals surface area contributed by atoms with Gasteiger partial charge in [-0.25, -0.2) is 9.37 Å². The molecule has 1 N–H and O–H groups in total. The minimum absolute atomic E-state index is 0.0846. The van der Waals surface area contributed by atoms with E-state index in [-0.39, 0.29) is 24.2 Å². The fourth-order valence-corrected chi connectivity index (χ4v) is 3.42. The Balaban J connectivity index is 1.38. The Labute approximate surface area is 176 Å². The summed E-state index contributed by atoms with van der Waals surface area (Å²) in [5.74, 6) is 0.210. The number of amides is 2. The molecule has 0 spiro atoms. The van der Waals surface area contributed by atoms with Crippen molar-refractivity contribution in [3.8, 4) is 0 Å². The maximum absolute atomic E-state index is 13.1. The van der Waals surface area contributed by atoms with Gasteiger partial charge in [0.1, 0.15) is 11.6 Å². The van der Waals surface area contributed by atoms with Crippen LogP contribution in [0.15, 0.2) is 42.6 Å². The molecule has 3 rings (SSSR count). The maximum Gasteiger partial charge on any atom is 0.239 e. The lowest BCUT2D eigenvalue weighted by Gasteiger charge is -2.36. The number of likely N-dealkylation sites (N-methyl/N-ethyl adjacent to an activating group) is 1. The number of nitrogens with one attached hydrogen (secondary N) is 1. The van der Waals surface area contributed by atoms with Crippen LogP contribution in [0.3, 0.4) is 0 Å². The van der Waals surface area contributed by atoms with E-state index >= 15 is 0 Å². The predicted octanol–water partition coefficient (Wildman–Crippen LogP) is 2.14. The van der Waals surface area contributed by atoms with Gasteiger partial charge in [-0.3, -0.25) is 14.5 Å². The van der Waals surface area contributed by atoms with Crippen LogP contribution >= 0.6 is 0 Å². The van der Waals surface area contributed by atoms with Crippen LogP contribution in [0.4, 0.5) is 15.9 Å². The number of rotatable bonds is 7. The number of hydrogen-bond donors (Lipinski definition) is 1. The van der Waals surface area contributed by atoms with Crippen molar-refractivity contribution in [3.63, 3.8) is 0 Å². The number of piperazine rings is 1. The molecule has 2 amide bonds. The summed E-state index contributed by atoms with van der Waals surface area (Å²) in [5.41, 5.74) is 2.00. The Morgan fingerprint density at radius 2 is 1.83 bits per heavy atom. The molecule has 0 unspecified atom stereocenters. The van der Waals surface area contributed by atoms with Crippen LogP contribution < -0.4 is 10.2 Å². The Hall–Kier alpha value is -3.00. The Bertz CT molecular complexity index is 866. The van der Waals surface area contributed by atoms with Crippen LogP contribution in [-0.4, -0.2) is 72.9 Å². The zero-order valence-electron chi connectivity index (χ0n) is 17.5. The van der Waals surface area contributed by atoms with E-state index in [0.717, 1.165) is 24.3 Å². The molecular formula is C22H28FN5O2. The fraction of sp³-hybridized carbons (Fsp3) is 0.409. The first kappa shape index (κ1) is 21.7. The maximum atomic E-state index is 13.1. The van der Waals surface area contributed by atoms with Crippen molar-refractivity contribution in [2.24, 2.45) is 0 Å². The van der Waals surface area contributed by atoms with Gasteiger partial charge in [-0.1, -0.05) is 0 Å². The predicted molar refractivity (Wildman–Crippen MR) is 115 cm³/mol. The van der Waals surface area contributed by atoms with Crippen molar-refractivity contribution < 1.29 is 14.0 Å². The first-order valence-electron chi connectivity index (χ1n) is 10.1. The van der Waals surface area contributed by atoms with Crippen molar-refractivity contribution in [3.05, 3.63) is 54.0 Å². The molecule has 8 heteroatoms. The molecule has 160 valence electrons. The van der Waals surface area contributed by atoms with Gasteiger partial charge < -0.3 is 15.1 Å². The van der Waals surface area contributed by atoms with Gasteiger partial charge in [0.2, 0.25) is 11.8 Å². The number of aryl methyl sites for hydroxylation is 1. The first-order valence-corrected chi connectivity index (χ1v) is 10.1. The molecule has 2 heterocycles. The van der Waals surface area contributed by atoms with Gasteiger partial charge >= 0.3 is 0 Å². The lowest BCUT2D eigenvalue weighted by molar-refractivity contribution is -0.132. The van der Waals surface area contributed by atoms with E-state index in [1.165, 1.54) is 12.1 Å². The Kier molecular flexibility index (Phi) is 7.35. The van der Waals surface area contributed by atoms with Gasteiger partial charge in [0.25, 0.3) is 0 Å². The molecule has 7 nitrogen and oxygen atoms in total. The average Bonchev–Trinajstić information content (AvgIpc) is 2.72. The van der Waals surface area contributed by atoms with Crippen LogP contribution in [0.25, 0.3) is 0 Å². The highest BCUT2D eigenvalue weighted by Crippen LogP contribution is 2.17. The summed E-state index contributed by atoms with van der Waals surface area (Å²) in [6.07, 6.45) is 2.02. The lowest BCUT2D eigenvalue weighted by Crippen LogP contribution is -2.49. The molecule has 1 aromatic heterocycles. The van der Waals surface area contributed by atoms with E-state index in [4.69, 9.17) is 0 Å². The quantitative estimate of drug-likeness (QED) is 0.753. The topological polar surface area (TPSA) is 68.8 Å². The van der Waals surface area contributed by atoms with Crippen LogP contribution in [0, 0.1) is 12.7 Å². The van der Waals surface area contributed by atoms with Crippen molar-refractivity contribution in [1.29, 1.82) is 0 Å². The second-order valence-corrected chi connectivity index (χ2v) is 7.60. The van der Waals surface area contributed by atoms with Crippen molar-refractivity contribution >= 4 is 23.3 Å². The van der Waals surface area contributed by atoms with Gasteiger partial charge in [0, 0.05) is 51.0 Å². The highest BCUT2D eigenvalue weighted by Gasteiger charge is 2.21. The van der Waals surface area contributed by atoms with E-state index in [9.17, 15) is 14.0 Å². The minimum Gasteiger partial charge on any atom is -0.368 e. The molecule has 1 aliphatic rings. The molecular weight excluding hydrogens is 385 g/mol. The molecule has 1 aromatic carbocycles. The number of pyridine rings is 1. The summed E-state index contributed by atoms with van der Waals surface area (Å²) in [6, 6.07) is 10.1. The van der Waals surface area contributed by atoms with Crippen LogP contribution in [0.1, 0.15) is 12.0 Å². The van der Waals surface area contributed by atoms with Gasteiger partial charge in [-0.2, -0.15) is 0 Å². The third-order valence-electron chi connectivity index (χ3n) is 5.13. The number of hydrogen-bond acceptors (Lipinski definition) is 5. The number of halogens is 1. The second-order valence-electron chi connectivity index (χ2n) is 7.60. The van der Waals surface area contributed by atoms with Crippen molar-refractivity contribution in [2.75, 3.05) is 56.5 Å². The Morgan fingerprint density at radius 3 is 2.50 bits per heavy atom. The number of carbonyl (C=O) groups excluding carboxylic acids is 2. The van der Waals surface area contributed by atoms with E-state index in [1.54, 1.807) is 18.3 Å². The van der Waals surface area contributed by atoms with E-state index in [0.29, 0.717) is 31.9 Å². The number of benzene rings is 1. The normalized spacial score (nSPS) is 14.1. The van der Waals surface area contributed by atoms with Crippen LogP contribution in [0.5, 0.6) is 0 Å². The molecule has 1 aliphatic heterocycles. The number of anilines is 2. The van der Waals surface area contributed by atoms with Crippen LogP contribution in [0.2, 0.25) is 0 Å². The standard InChI is InChI=1S/C22H28FN5O2/c1-17-7-9-24-20(15-17)25-21(29)16-26(2)10-8-22(30)28-13-11-27(12-14-28)19-5-3-18(23)4-6-19/h3-7,9,15H,8,10-14,16H2,1-2H3,(H,24,25,29). The molecule has 0 bridgehead atoms. The number of aromatic nitrogens is 1. The van der Waals surface area contributed by atoms with Gasteiger partial charge in [-0.15, -0.1) is 0 Å². The number of nitrogens with zero attached hydrogens (tertiary/aromatic N) is 4. The summed E-state index contributed by atoms with van der Waals surface area (Å²) in [6.45, 7) is 5.36. The zero-order valence-corrected chi connectivity index (χ0v) is 17.5. The summed E-state index contributed by atoms with van der Waals surface area (Å²) in [4.78, 5) is 34.6. The van der Waals surface area contributed by atoms with Crippen molar-refractivity contribution in [2.45, 2.75) is 13.3 Å². The molecule has 2 aromatic rings. The zero-order chi connectivity index (χ0) is 21.5. The molecule has 1 fully saturated rings. The highest BCUT2D eigenvalue weighted by molar-refractivity contribution is 5.91. The number of carbonyl (C=O) groups is 2. The van der Waals surface area contributed by atoms with Crippen LogP contribution in [-0.2, 0) is 9.59 Å². The molecule has 0 atom stereocenters. The fourth-order valence-electron chi connectivity index (χ4n) is 3.42. The van der Waals surface area contributed by atoms with Gasteiger partial charge in [0.05, 0.1) is 6.54 Å². The monoisotopic (exact) mass is 413 g/mol. The van der Waals surface area contributed by atoms with E-state index in [1.807, 2.05) is 35.9 Å². The highest BCUT2D eigenvalue weighted by atomic mass is 19.1. The molecule has 0 aliphatic carbocycles. The minimum atomic E-state index is -0.250. The first-order chi connectivity index (χ1) is 14.4. The third-order valence-corrected chi connectivity index (χ3v) is 5.13. The molecule has 0 saturated carbocycles. The van der Waals surface area contributed by atoms with E-state index in [2.05, 4.69) is 15.2 Å². The second kappa shape index (κ2) is 10.2. The van der Waals surface area contributed by atoms with Crippen molar-refractivity contribution in [1.82, 2.24) is 14.8 Å².